The molecule has 3 rings (SSSR count). The first-order valence-electron chi connectivity index (χ1n) is 9.38. The maximum absolute atomic E-state index is 12.7. The maximum Gasteiger partial charge on any atom is 0.246 e. The highest BCUT2D eigenvalue weighted by Gasteiger charge is 2.21. The molecule has 4 heteroatoms. The molecule has 1 amide bonds. The lowest BCUT2D eigenvalue weighted by Crippen LogP contribution is -2.36. The van der Waals surface area contributed by atoms with Gasteiger partial charge >= 0.3 is 0 Å². The van der Waals surface area contributed by atoms with Crippen LogP contribution in [-0.4, -0.2) is 31.0 Å². The predicted octanol–water partition coefficient (Wildman–Crippen LogP) is 5.03. The van der Waals surface area contributed by atoms with Gasteiger partial charge in [-0.2, -0.15) is 0 Å². The summed E-state index contributed by atoms with van der Waals surface area (Å²) >= 11 is 0. The number of benzene rings is 1. The molecule has 4 nitrogen and oxygen atoms in total. The van der Waals surface area contributed by atoms with Crippen molar-refractivity contribution in [2.75, 3.05) is 20.2 Å². The summed E-state index contributed by atoms with van der Waals surface area (Å²) in [6, 6.07) is 2.09. The van der Waals surface area contributed by atoms with Crippen molar-refractivity contribution in [3.05, 3.63) is 34.6 Å². The molecule has 1 fully saturated rings. The van der Waals surface area contributed by atoms with Crippen molar-refractivity contribution in [2.45, 2.75) is 47.5 Å². The van der Waals surface area contributed by atoms with E-state index in [1.165, 1.54) is 0 Å². The Kier molecular flexibility index (Phi) is 5.12. The maximum atomic E-state index is 12.7. The smallest absolute Gasteiger partial charge is 0.246 e. The first-order chi connectivity index (χ1) is 12.3. The van der Waals surface area contributed by atoms with Gasteiger partial charge in [0, 0.05) is 35.7 Å². The van der Waals surface area contributed by atoms with Crippen molar-refractivity contribution in [3.63, 3.8) is 0 Å². The van der Waals surface area contributed by atoms with E-state index in [0.29, 0.717) is 5.92 Å². The minimum atomic E-state index is 0.0919. The summed E-state index contributed by atoms with van der Waals surface area (Å²) in [4.78, 5) is 14.7. The van der Waals surface area contributed by atoms with E-state index >= 15 is 0 Å². The molecule has 0 radical (unpaired) electrons. The summed E-state index contributed by atoms with van der Waals surface area (Å²) in [7, 11) is 1.67. The standard InChI is InChI=1S/C22H29NO3/c1-13-7-9-23(10-8-13)20(24)11-14(2)18-12-19-15(3)17(5)26-22(19)16(4)21(18)25-6/h11-13H,7-10H2,1-6H3/b14-11+. The number of furan rings is 1. The fraction of sp³-hybridized carbons (Fsp3) is 0.500. The van der Waals surface area contributed by atoms with E-state index in [4.69, 9.17) is 9.15 Å². The number of likely N-dealkylation sites (tertiary alicyclic amines) is 1. The largest absolute Gasteiger partial charge is 0.496 e. The summed E-state index contributed by atoms with van der Waals surface area (Å²) in [5, 5.41) is 1.09. The predicted molar refractivity (Wildman–Crippen MR) is 106 cm³/mol. The number of rotatable bonds is 3. The number of fused-ring (bicyclic) bond motifs is 1. The third-order valence-electron chi connectivity index (χ3n) is 5.71. The van der Waals surface area contributed by atoms with Gasteiger partial charge in [-0.25, -0.2) is 0 Å². The fourth-order valence-corrected chi connectivity index (χ4v) is 3.75. The van der Waals surface area contributed by atoms with E-state index in [1.54, 1.807) is 13.2 Å². The molecule has 1 aromatic carbocycles. The average molecular weight is 355 g/mol. The highest BCUT2D eigenvalue weighted by Crippen LogP contribution is 2.38. The average Bonchev–Trinajstić information content (AvgIpc) is 2.90. The quantitative estimate of drug-likeness (QED) is 0.725. The number of aryl methyl sites for hydroxylation is 3. The molecular weight excluding hydrogens is 326 g/mol. The Morgan fingerprint density at radius 3 is 2.50 bits per heavy atom. The third kappa shape index (κ3) is 3.25. The Bertz CT molecular complexity index is 867. The summed E-state index contributed by atoms with van der Waals surface area (Å²) in [5.41, 5.74) is 4.86. The minimum absolute atomic E-state index is 0.0919. The van der Waals surface area contributed by atoms with Gasteiger partial charge in [0.15, 0.2) is 0 Å². The van der Waals surface area contributed by atoms with Crippen molar-refractivity contribution >= 4 is 22.4 Å². The molecule has 1 aliphatic rings. The van der Waals surface area contributed by atoms with Crippen LogP contribution in [0.1, 0.15) is 49.1 Å². The van der Waals surface area contributed by atoms with Crippen LogP contribution in [0.15, 0.2) is 16.6 Å². The Hall–Kier alpha value is -2.23. The van der Waals surface area contributed by atoms with Crippen LogP contribution in [0.2, 0.25) is 0 Å². The summed E-state index contributed by atoms with van der Waals surface area (Å²) < 4.78 is 11.6. The molecule has 140 valence electrons. The molecule has 2 aromatic rings. The molecule has 2 heterocycles. The Morgan fingerprint density at radius 2 is 1.88 bits per heavy atom. The highest BCUT2D eigenvalue weighted by molar-refractivity contribution is 5.98. The molecule has 0 saturated carbocycles. The lowest BCUT2D eigenvalue weighted by molar-refractivity contribution is -0.127. The monoisotopic (exact) mass is 355 g/mol. The third-order valence-corrected chi connectivity index (χ3v) is 5.71. The minimum Gasteiger partial charge on any atom is -0.496 e. The van der Waals surface area contributed by atoms with Crippen molar-refractivity contribution in [1.29, 1.82) is 0 Å². The topological polar surface area (TPSA) is 42.7 Å². The van der Waals surface area contributed by atoms with Crippen LogP contribution in [0.25, 0.3) is 16.5 Å². The lowest BCUT2D eigenvalue weighted by Gasteiger charge is -2.29. The number of ether oxygens (including phenoxy) is 1. The number of allylic oxidation sites excluding steroid dienone is 1. The number of hydrogen-bond acceptors (Lipinski definition) is 3. The van der Waals surface area contributed by atoms with Crippen LogP contribution in [0.3, 0.4) is 0 Å². The second-order valence-electron chi connectivity index (χ2n) is 7.58. The summed E-state index contributed by atoms with van der Waals surface area (Å²) in [6.45, 7) is 12.0. The Labute approximate surface area is 155 Å². The zero-order valence-corrected chi connectivity index (χ0v) is 16.7. The van der Waals surface area contributed by atoms with E-state index in [1.807, 2.05) is 25.7 Å². The van der Waals surface area contributed by atoms with Crippen LogP contribution >= 0.6 is 0 Å². The van der Waals surface area contributed by atoms with E-state index in [2.05, 4.69) is 19.9 Å². The molecule has 1 saturated heterocycles. The lowest BCUT2D eigenvalue weighted by atomic mass is 9.97. The summed E-state index contributed by atoms with van der Waals surface area (Å²) in [5.74, 6) is 2.50. The number of carbonyl (C=O) groups is 1. The van der Waals surface area contributed by atoms with Gasteiger partial charge < -0.3 is 14.1 Å². The second-order valence-corrected chi connectivity index (χ2v) is 7.58. The van der Waals surface area contributed by atoms with Crippen molar-refractivity contribution in [3.8, 4) is 5.75 Å². The zero-order chi connectivity index (χ0) is 19.0. The van der Waals surface area contributed by atoms with Crippen LogP contribution < -0.4 is 4.74 Å². The van der Waals surface area contributed by atoms with Gasteiger partial charge in [0.25, 0.3) is 0 Å². The van der Waals surface area contributed by atoms with Crippen molar-refractivity contribution in [2.24, 2.45) is 5.92 Å². The SMILES string of the molecule is COc1c(/C(C)=C/C(=O)N2CCC(C)CC2)cc2c(C)c(C)oc2c1C. The van der Waals surface area contributed by atoms with Crippen molar-refractivity contribution < 1.29 is 13.9 Å². The van der Waals surface area contributed by atoms with Crippen molar-refractivity contribution in [1.82, 2.24) is 4.90 Å². The number of methoxy groups -OCH3 is 1. The number of amides is 1. The Balaban J connectivity index is 2.00. The van der Waals surface area contributed by atoms with Crippen LogP contribution in [0, 0.1) is 26.7 Å². The van der Waals surface area contributed by atoms with Gasteiger partial charge in [-0.3, -0.25) is 4.79 Å². The molecule has 0 atom stereocenters. The number of carbonyl (C=O) groups excluding carboxylic acids is 1. The zero-order valence-electron chi connectivity index (χ0n) is 16.7. The van der Waals surface area contributed by atoms with Gasteiger partial charge in [-0.1, -0.05) is 6.92 Å². The fourth-order valence-electron chi connectivity index (χ4n) is 3.75. The molecular formula is C22H29NO3. The van der Waals surface area contributed by atoms with Crippen LogP contribution in [-0.2, 0) is 4.79 Å². The molecule has 1 aliphatic heterocycles. The first-order valence-corrected chi connectivity index (χ1v) is 9.38. The van der Waals surface area contributed by atoms with Gasteiger partial charge in [0.05, 0.1) is 7.11 Å². The van der Waals surface area contributed by atoms with E-state index in [9.17, 15) is 4.79 Å². The highest BCUT2D eigenvalue weighted by atomic mass is 16.5. The molecule has 1 aromatic heterocycles. The molecule has 0 spiro atoms. The molecule has 0 aliphatic carbocycles. The van der Waals surface area contributed by atoms with Gasteiger partial charge in [-0.05, 0) is 63.7 Å². The van der Waals surface area contributed by atoms with Gasteiger partial charge in [-0.15, -0.1) is 0 Å². The molecule has 26 heavy (non-hydrogen) atoms. The van der Waals surface area contributed by atoms with Gasteiger partial charge in [0.2, 0.25) is 5.91 Å². The second kappa shape index (κ2) is 7.18. The number of hydrogen-bond donors (Lipinski definition) is 0. The number of nitrogens with zero attached hydrogens (tertiary/aromatic N) is 1. The molecule has 0 bridgehead atoms. The number of piperidine rings is 1. The normalized spacial score (nSPS) is 16.4. The van der Waals surface area contributed by atoms with Crippen LogP contribution in [0.4, 0.5) is 0 Å². The van der Waals surface area contributed by atoms with Gasteiger partial charge in [0.1, 0.15) is 17.1 Å². The first kappa shape index (κ1) is 18.6. The van der Waals surface area contributed by atoms with E-state index in [-0.39, 0.29) is 5.91 Å². The van der Waals surface area contributed by atoms with Crippen LogP contribution in [0.5, 0.6) is 5.75 Å². The molecule has 0 N–H and O–H groups in total. The molecule has 0 unspecified atom stereocenters. The Morgan fingerprint density at radius 1 is 1.23 bits per heavy atom. The van der Waals surface area contributed by atoms with E-state index < -0.39 is 0 Å². The van der Waals surface area contributed by atoms with E-state index in [0.717, 1.165) is 70.7 Å². The summed E-state index contributed by atoms with van der Waals surface area (Å²) in [6.07, 6.45) is 3.92.